The molecule has 0 radical (unpaired) electrons. The Morgan fingerprint density at radius 3 is 3.09 bits per heavy atom. The summed E-state index contributed by atoms with van der Waals surface area (Å²) in [4.78, 5) is 20.4. The molecule has 0 saturated carbocycles. The minimum atomic E-state index is 0.242. The molecule has 56 valence electrons. The van der Waals surface area contributed by atoms with E-state index in [1.54, 1.807) is 0 Å². The molecular formula is C6H5N3O2. The summed E-state index contributed by atoms with van der Waals surface area (Å²) in [5, 5.41) is 0. The maximum atomic E-state index is 9.78. The molecule has 11 heavy (non-hydrogen) atoms. The number of aromatic nitrogens is 2. The van der Waals surface area contributed by atoms with Crippen molar-refractivity contribution in [2.75, 3.05) is 7.11 Å². The Hall–Kier alpha value is -1.74. The highest BCUT2D eigenvalue weighted by molar-refractivity contribution is 5.44. The number of rotatable bonds is 2. The van der Waals surface area contributed by atoms with Crippen LogP contribution in [0.5, 0.6) is 5.88 Å². The zero-order valence-electron chi connectivity index (χ0n) is 5.81. The van der Waals surface area contributed by atoms with E-state index >= 15 is 0 Å². The summed E-state index contributed by atoms with van der Waals surface area (Å²) < 4.78 is 4.76. The maximum Gasteiger partial charge on any atom is 0.242 e. The summed E-state index contributed by atoms with van der Waals surface area (Å²) in [6.45, 7) is 0. The third-order valence-corrected chi connectivity index (χ3v) is 0.997. The fraction of sp³-hybridized carbons (Fsp3) is 0.167. The van der Waals surface area contributed by atoms with Gasteiger partial charge in [-0.15, -0.1) is 4.99 Å². The molecule has 0 unspecified atom stereocenters. The van der Waals surface area contributed by atoms with Crippen molar-refractivity contribution >= 4 is 11.9 Å². The lowest BCUT2D eigenvalue weighted by atomic mass is 10.6. The minimum absolute atomic E-state index is 0.242. The van der Waals surface area contributed by atoms with Crippen LogP contribution < -0.4 is 4.74 Å². The Balaban J connectivity index is 3.00. The van der Waals surface area contributed by atoms with Crippen molar-refractivity contribution in [3.05, 3.63) is 12.4 Å². The molecule has 0 aliphatic rings. The number of nitrogens with zero attached hydrogens (tertiary/aromatic N) is 3. The number of hydrogen-bond donors (Lipinski definition) is 0. The third kappa shape index (κ3) is 1.84. The lowest BCUT2D eigenvalue weighted by Gasteiger charge is -1.95. The van der Waals surface area contributed by atoms with Gasteiger partial charge in [0.15, 0.2) is 5.82 Å². The van der Waals surface area contributed by atoms with Crippen LogP contribution in [0.15, 0.2) is 17.4 Å². The second-order valence-corrected chi connectivity index (χ2v) is 1.62. The first-order valence-corrected chi connectivity index (χ1v) is 2.80. The predicted molar refractivity (Wildman–Crippen MR) is 36.4 cm³/mol. The molecule has 0 bridgehead atoms. The highest BCUT2D eigenvalue weighted by Gasteiger charge is 1.94. The number of ether oxygens (including phenoxy) is 1. The van der Waals surface area contributed by atoms with Crippen molar-refractivity contribution in [2.45, 2.75) is 0 Å². The van der Waals surface area contributed by atoms with Gasteiger partial charge in [-0.2, -0.15) is 0 Å². The molecule has 0 N–H and O–H groups in total. The van der Waals surface area contributed by atoms with Crippen LogP contribution in [0.1, 0.15) is 0 Å². The van der Waals surface area contributed by atoms with Crippen LogP contribution in [-0.4, -0.2) is 23.2 Å². The maximum absolute atomic E-state index is 9.78. The van der Waals surface area contributed by atoms with Crippen LogP contribution >= 0.6 is 0 Å². The number of methoxy groups -OCH3 is 1. The molecule has 0 amide bonds. The predicted octanol–water partition coefficient (Wildman–Crippen LogP) is 0.452. The zero-order valence-corrected chi connectivity index (χ0v) is 5.81. The van der Waals surface area contributed by atoms with Gasteiger partial charge in [0.05, 0.1) is 7.11 Å². The van der Waals surface area contributed by atoms with Crippen molar-refractivity contribution in [3.8, 4) is 5.88 Å². The lowest BCUT2D eigenvalue weighted by Crippen LogP contribution is -1.86. The van der Waals surface area contributed by atoms with Crippen molar-refractivity contribution in [2.24, 2.45) is 4.99 Å². The van der Waals surface area contributed by atoms with Crippen LogP contribution in [0.2, 0.25) is 0 Å². The quantitative estimate of drug-likeness (QED) is 0.454. The number of aliphatic imine (C=N–C) groups is 1. The van der Waals surface area contributed by atoms with Crippen LogP contribution in [0, 0.1) is 0 Å². The molecule has 0 fully saturated rings. The van der Waals surface area contributed by atoms with Gasteiger partial charge in [-0.1, -0.05) is 0 Å². The van der Waals surface area contributed by atoms with E-state index in [0.717, 1.165) is 0 Å². The van der Waals surface area contributed by atoms with Gasteiger partial charge in [-0.05, 0) is 0 Å². The van der Waals surface area contributed by atoms with Crippen molar-refractivity contribution < 1.29 is 9.53 Å². The van der Waals surface area contributed by atoms with E-state index < -0.39 is 0 Å². The second kappa shape index (κ2) is 3.43. The van der Waals surface area contributed by atoms with Crippen LogP contribution in [0.4, 0.5) is 5.82 Å². The summed E-state index contributed by atoms with van der Waals surface area (Å²) in [5.41, 5.74) is 0. The normalized spacial score (nSPS) is 8.45. The highest BCUT2D eigenvalue weighted by Crippen LogP contribution is 2.11. The van der Waals surface area contributed by atoms with Gasteiger partial charge in [0.25, 0.3) is 0 Å². The summed E-state index contributed by atoms with van der Waals surface area (Å²) in [7, 11) is 1.47. The number of carbonyl (C=O) groups excluding carboxylic acids is 1. The van der Waals surface area contributed by atoms with Crippen molar-refractivity contribution in [3.63, 3.8) is 0 Å². The van der Waals surface area contributed by atoms with Crippen LogP contribution in [0.3, 0.4) is 0 Å². The molecular weight excluding hydrogens is 146 g/mol. The molecule has 0 saturated heterocycles. The Bertz CT molecular complexity index is 294. The summed E-state index contributed by atoms with van der Waals surface area (Å²) in [6.07, 6.45) is 2.62. The van der Waals surface area contributed by atoms with Gasteiger partial charge in [0, 0.05) is 6.07 Å². The molecule has 5 nitrogen and oxygen atoms in total. The van der Waals surface area contributed by atoms with Gasteiger partial charge in [0.2, 0.25) is 12.0 Å². The molecule has 1 heterocycles. The molecule has 0 aliphatic carbocycles. The van der Waals surface area contributed by atoms with E-state index in [-0.39, 0.29) is 5.82 Å². The first-order chi connectivity index (χ1) is 5.36. The Morgan fingerprint density at radius 2 is 2.45 bits per heavy atom. The number of hydrogen-bond acceptors (Lipinski definition) is 5. The SMILES string of the molecule is COc1cc(N=C=O)ncn1. The lowest BCUT2D eigenvalue weighted by molar-refractivity contribution is 0.397. The summed E-state index contributed by atoms with van der Waals surface area (Å²) >= 11 is 0. The van der Waals surface area contributed by atoms with Gasteiger partial charge >= 0.3 is 0 Å². The molecule has 0 aromatic carbocycles. The molecule has 0 spiro atoms. The smallest absolute Gasteiger partial charge is 0.242 e. The fourth-order valence-corrected chi connectivity index (χ4v) is 0.549. The third-order valence-electron chi connectivity index (χ3n) is 0.997. The first kappa shape index (κ1) is 7.37. The van der Waals surface area contributed by atoms with E-state index in [4.69, 9.17) is 4.74 Å². The van der Waals surface area contributed by atoms with Gasteiger partial charge < -0.3 is 4.74 Å². The topological polar surface area (TPSA) is 64.4 Å². The zero-order chi connectivity index (χ0) is 8.10. The second-order valence-electron chi connectivity index (χ2n) is 1.62. The van der Waals surface area contributed by atoms with E-state index in [0.29, 0.717) is 5.88 Å². The average Bonchev–Trinajstić information content (AvgIpc) is 2.06. The molecule has 1 aromatic heterocycles. The Labute approximate surface area is 62.8 Å². The average molecular weight is 151 g/mol. The molecule has 1 rings (SSSR count). The number of isocyanates is 1. The minimum Gasteiger partial charge on any atom is -0.481 e. The highest BCUT2D eigenvalue weighted by atomic mass is 16.5. The summed E-state index contributed by atoms with van der Waals surface area (Å²) in [6, 6.07) is 1.44. The fourth-order valence-electron chi connectivity index (χ4n) is 0.549. The molecule has 5 heteroatoms. The monoisotopic (exact) mass is 151 g/mol. The first-order valence-electron chi connectivity index (χ1n) is 2.80. The van der Waals surface area contributed by atoms with Crippen molar-refractivity contribution in [1.82, 2.24) is 9.97 Å². The van der Waals surface area contributed by atoms with Gasteiger partial charge in [-0.3, -0.25) is 0 Å². The molecule has 0 atom stereocenters. The van der Waals surface area contributed by atoms with Crippen LogP contribution in [-0.2, 0) is 4.79 Å². The Kier molecular flexibility index (Phi) is 2.30. The van der Waals surface area contributed by atoms with Gasteiger partial charge in [0.1, 0.15) is 6.33 Å². The van der Waals surface area contributed by atoms with E-state index in [1.165, 1.54) is 25.6 Å². The standard InChI is InChI=1S/C6H5N3O2/c1-11-6-2-5(9-4-10)7-3-8-6/h2-3H,1H3. The van der Waals surface area contributed by atoms with Crippen molar-refractivity contribution in [1.29, 1.82) is 0 Å². The summed E-state index contributed by atoms with van der Waals surface area (Å²) in [5.74, 6) is 0.612. The Morgan fingerprint density at radius 1 is 1.64 bits per heavy atom. The molecule has 0 aliphatic heterocycles. The largest absolute Gasteiger partial charge is 0.481 e. The van der Waals surface area contributed by atoms with Gasteiger partial charge in [-0.25, -0.2) is 14.8 Å². The van der Waals surface area contributed by atoms with E-state index in [2.05, 4.69) is 15.0 Å². The van der Waals surface area contributed by atoms with E-state index in [9.17, 15) is 4.79 Å². The van der Waals surface area contributed by atoms with Crippen LogP contribution in [0.25, 0.3) is 0 Å². The van der Waals surface area contributed by atoms with E-state index in [1.807, 2.05) is 0 Å². The molecule has 1 aromatic rings.